The monoisotopic (exact) mass is 316 g/mol. The zero-order valence-corrected chi connectivity index (χ0v) is 11.8. The summed E-state index contributed by atoms with van der Waals surface area (Å²) in [6.07, 6.45) is 0. The molecule has 20 heavy (non-hydrogen) atoms. The number of guanidine groups is 1. The SMILES string of the molecule is NC(N)=Nc1nc(-c2ccc(CNN[SH](=O)=O)o2)cs1. The van der Waals surface area contributed by atoms with Crippen molar-refractivity contribution < 1.29 is 12.8 Å². The second-order valence-electron chi connectivity index (χ2n) is 3.54. The quantitative estimate of drug-likeness (QED) is 0.207. The van der Waals surface area contributed by atoms with E-state index in [1.807, 2.05) is 0 Å². The first-order valence-electron chi connectivity index (χ1n) is 5.32. The molecule has 0 fully saturated rings. The molecule has 0 unspecified atom stereocenters. The summed E-state index contributed by atoms with van der Waals surface area (Å²) in [5.74, 6) is 1.04. The fourth-order valence-electron chi connectivity index (χ4n) is 1.34. The Morgan fingerprint density at radius 1 is 1.45 bits per heavy atom. The largest absolute Gasteiger partial charge is 0.458 e. The van der Waals surface area contributed by atoms with Gasteiger partial charge in [0.25, 0.3) is 0 Å². The molecule has 0 saturated carbocycles. The number of aromatic nitrogens is 1. The highest BCUT2D eigenvalue weighted by Gasteiger charge is 2.09. The summed E-state index contributed by atoms with van der Waals surface area (Å²) in [6.45, 7) is 0.216. The van der Waals surface area contributed by atoms with Gasteiger partial charge in [-0.05, 0) is 12.1 Å². The Bertz CT molecular complexity index is 677. The first-order valence-corrected chi connectivity index (χ1v) is 7.37. The van der Waals surface area contributed by atoms with E-state index in [4.69, 9.17) is 15.9 Å². The lowest BCUT2D eigenvalue weighted by Crippen LogP contribution is -2.29. The van der Waals surface area contributed by atoms with E-state index in [2.05, 4.69) is 20.2 Å². The second kappa shape index (κ2) is 6.47. The summed E-state index contributed by atoms with van der Waals surface area (Å²) in [5, 5.41) is 2.19. The third-order valence-corrected chi connectivity index (χ3v) is 3.14. The van der Waals surface area contributed by atoms with Gasteiger partial charge >= 0.3 is 0 Å². The van der Waals surface area contributed by atoms with Gasteiger partial charge in [0, 0.05) is 5.38 Å². The zero-order chi connectivity index (χ0) is 14.5. The maximum atomic E-state index is 10.3. The zero-order valence-electron chi connectivity index (χ0n) is 10.1. The van der Waals surface area contributed by atoms with Crippen LogP contribution < -0.4 is 21.7 Å². The standard InChI is InChI=1S/C9H12N6O3S2/c10-8(11)14-9-13-6(4-19-9)7-2-1-5(18-7)3-12-15-20(16)17/h1-2,4,12,20H,3H2,(H,15,16,17)(H4,10,11,13,14). The van der Waals surface area contributed by atoms with Crippen molar-refractivity contribution in [2.24, 2.45) is 16.5 Å². The average molecular weight is 316 g/mol. The third-order valence-electron chi connectivity index (χ3n) is 2.06. The van der Waals surface area contributed by atoms with Crippen LogP contribution in [0.15, 0.2) is 26.9 Å². The van der Waals surface area contributed by atoms with Gasteiger partial charge in [-0.25, -0.2) is 18.8 Å². The van der Waals surface area contributed by atoms with Crippen LogP contribution in [0.4, 0.5) is 5.13 Å². The molecule has 9 nitrogen and oxygen atoms in total. The number of hydrazine groups is 1. The van der Waals surface area contributed by atoms with Crippen LogP contribution in [-0.2, 0) is 17.4 Å². The van der Waals surface area contributed by atoms with Crippen molar-refractivity contribution in [3.05, 3.63) is 23.3 Å². The molecule has 2 heterocycles. The van der Waals surface area contributed by atoms with Crippen LogP contribution in [-0.4, -0.2) is 19.4 Å². The van der Waals surface area contributed by atoms with E-state index in [1.165, 1.54) is 11.3 Å². The van der Waals surface area contributed by atoms with Gasteiger partial charge in [-0.1, -0.05) is 0 Å². The van der Waals surface area contributed by atoms with Gasteiger partial charge < -0.3 is 15.9 Å². The number of rotatable bonds is 6. The predicted octanol–water partition coefficient (Wildman–Crippen LogP) is -0.571. The molecule has 0 aliphatic carbocycles. The van der Waals surface area contributed by atoms with Crippen LogP contribution in [0, 0.1) is 0 Å². The van der Waals surface area contributed by atoms with Crippen molar-refractivity contribution >= 4 is 33.3 Å². The number of nitrogens with two attached hydrogens (primary N) is 2. The number of aliphatic imine (C=N–C) groups is 1. The normalized spacial score (nSPS) is 10.8. The van der Waals surface area contributed by atoms with Crippen molar-refractivity contribution in [1.82, 2.24) is 15.2 Å². The third kappa shape index (κ3) is 4.03. The number of nitrogens with zero attached hydrogens (tertiary/aromatic N) is 2. The van der Waals surface area contributed by atoms with E-state index in [9.17, 15) is 8.42 Å². The molecule has 0 amide bonds. The summed E-state index contributed by atoms with van der Waals surface area (Å²) >= 11 is 1.28. The van der Waals surface area contributed by atoms with Crippen molar-refractivity contribution in [2.45, 2.75) is 6.54 Å². The number of thiazole rings is 1. The smallest absolute Gasteiger partial charge is 0.214 e. The van der Waals surface area contributed by atoms with Crippen LogP contribution in [0.3, 0.4) is 0 Å². The summed E-state index contributed by atoms with van der Waals surface area (Å²) in [6, 6.07) is 3.43. The molecule has 6 N–H and O–H groups in total. The van der Waals surface area contributed by atoms with Crippen LogP contribution in [0.2, 0.25) is 0 Å². The van der Waals surface area contributed by atoms with Crippen LogP contribution in [0.25, 0.3) is 11.5 Å². The minimum absolute atomic E-state index is 0.0620. The first-order chi connectivity index (χ1) is 9.54. The maximum absolute atomic E-state index is 10.3. The van der Waals surface area contributed by atoms with Gasteiger partial charge in [0.1, 0.15) is 11.5 Å². The van der Waals surface area contributed by atoms with E-state index < -0.39 is 10.9 Å². The number of nitrogens with one attached hydrogen (secondary N) is 2. The van der Waals surface area contributed by atoms with Gasteiger partial charge in [-0.2, -0.15) is 9.82 Å². The van der Waals surface area contributed by atoms with Gasteiger partial charge in [0.2, 0.25) is 16.0 Å². The Labute approximate surface area is 119 Å². The van der Waals surface area contributed by atoms with Crippen molar-refractivity contribution in [1.29, 1.82) is 0 Å². The summed E-state index contributed by atoms with van der Waals surface area (Å²) in [7, 11) is -2.69. The molecular formula is C9H12N6O3S2. The lowest BCUT2D eigenvalue weighted by molar-refractivity contribution is 0.483. The number of hydrogen-bond donors (Lipinski definition) is 5. The van der Waals surface area contributed by atoms with Gasteiger partial charge in [-0.15, -0.1) is 11.3 Å². The molecule has 0 aromatic carbocycles. The highest BCUT2D eigenvalue weighted by molar-refractivity contribution is 7.70. The van der Waals surface area contributed by atoms with Gasteiger partial charge in [0.05, 0.1) is 6.54 Å². The van der Waals surface area contributed by atoms with Gasteiger partial charge in [0.15, 0.2) is 11.7 Å². The molecule has 2 aromatic heterocycles. The molecule has 0 bridgehead atoms. The molecule has 11 heteroatoms. The second-order valence-corrected chi connectivity index (χ2v) is 5.11. The van der Waals surface area contributed by atoms with Crippen LogP contribution in [0.5, 0.6) is 0 Å². The van der Waals surface area contributed by atoms with E-state index in [-0.39, 0.29) is 12.5 Å². The Balaban J connectivity index is 2.04. The van der Waals surface area contributed by atoms with Crippen LogP contribution in [0.1, 0.15) is 5.76 Å². The number of hydrogen-bond acceptors (Lipinski definition) is 7. The van der Waals surface area contributed by atoms with E-state index in [1.54, 1.807) is 17.5 Å². The summed E-state index contributed by atoms with van der Waals surface area (Å²) in [5.41, 5.74) is 13.6. The fourth-order valence-corrected chi connectivity index (χ4v) is 2.24. The topological polar surface area (TPSA) is 149 Å². The number of furan rings is 1. The number of thiol groups is 1. The lowest BCUT2D eigenvalue weighted by atomic mass is 10.3. The molecule has 0 radical (unpaired) electrons. The van der Waals surface area contributed by atoms with E-state index >= 15 is 0 Å². The molecule has 108 valence electrons. The first kappa shape index (κ1) is 14.5. The highest BCUT2D eigenvalue weighted by atomic mass is 32.2. The predicted molar refractivity (Wildman–Crippen MR) is 75.6 cm³/mol. The molecule has 2 rings (SSSR count). The summed E-state index contributed by atoms with van der Waals surface area (Å²) < 4.78 is 26.1. The molecule has 2 aromatic rings. The molecule has 0 aliphatic rings. The Morgan fingerprint density at radius 2 is 2.25 bits per heavy atom. The molecule has 0 saturated heterocycles. The Morgan fingerprint density at radius 3 is 2.95 bits per heavy atom. The van der Waals surface area contributed by atoms with Crippen LogP contribution >= 0.6 is 11.3 Å². The maximum Gasteiger partial charge on any atom is 0.214 e. The minimum Gasteiger partial charge on any atom is -0.458 e. The summed E-state index contributed by atoms with van der Waals surface area (Å²) in [4.78, 5) is 10.1. The van der Waals surface area contributed by atoms with E-state index in [0.29, 0.717) is 22.3 Å². The Hall–Kier alpha value is -1.95. The molecule has 0 aliphatic heterocycles. The minimum atomic E-state index is -2.69. The van der Waals surface area contributed by atoms with Crippen molar-refractivity contribution in [2.75, 3.05) is 0 Å². The highest BCUT2D eigenvalue weighted by Crippen LogP contribution is 2.27. The molecule has 0 atom stereocenters. The average Bonchev–Trinajstić information content (AvgIpc) is 2.96. The van der Waals surface area contributed by atoms with Gasteiger partial charge in [-0.3, -0.25) is 0 Å². The van der Waals surface area contributed by atoms with Crippen molar-refractivity contribution in [3.8, 4) is 11.5 Å². The molecule has 0 spiro atoms. The molecular weight excluding hydrogens is 304 g/mol. The van der Waals surface area contributed by atoms with Crippen molar-refractivity contribution in [3.63, 3.8) is 0 Å². The van der Waals surface area contributed by atoms with E-state index in [0.717, 1.165) is 0 Å². The Kier molecular flexibility index (Phi) is 4.68. The lowest BCUT2D eigenvalue weighted by Gasteiger charge is -1.97. The fraction of sp³-hybridized carbons (Fsp3) is 0.111.